The summed E-state index contributed by atoms with van der Waals surface area (Å²) in [6, 6.07) is 10.3. The largest absolute Gasteiger partial charge is 0.349 e. The molecule has 3 rings (SSSR count). The molecule has 3 unspecified atom stereocenters. The summed E-state index contributed by atoms with van der Waals surface area (Å²) in [5.41, 5.74) is 1.19. The molecular weight excluding hydrogens is 222 g/mol. The van der Waals surface area contributed by atoms with Crippen molar-refractivity contribution in [1.29, 1.82) is 0 Å². The average Bonchev–Trinajstić information content (AvgIpc) is 3.14. The van der Waals surface area contributed by atoms with Crippen LogP contribution in [0, 0.1) is 17.8 Å². The smallest absolute Gasteiger partial charge is 0.224 e. The number of hydrogen-bond donors (Lipinski definition) is 1. The van der Waals surface area contributed by atoms with Gasteiger partial charge in [-0.15, -0.1) is 0 Å². The molecular formula is C16H21NO. The third kappa shape index (κ3) is 2.16. The predicted molar refractivity (Wildman–Crippen MR) is 71.9 cm³/mol. The minimum absolute atomic E-state index is 0.126. The highest BCUT2D eigenvalue weighted by molar-refractivity contribution is 5.82. The normalized spacial score (nSPS) is 31.3. The Labute approximate surface area is 109 Å². The van der Waals surface area contributed by atoms with E-state index in [9.17, 15) is 4.79 Å². The van der Waals surface area contributed by atoms with Crippen molar-refractivity contribution in [2.75, 3.05) is 0 Å². The van der Waals surface area contributed by atoms with Gasteiger partial charge in [0.2, 0.25) is 5.91 Å². The van der Waals surface area contributed by atoms with Gasteiger partial charge in [0.05, 0.1) is 6.04 Å². The molecule has 1 aromatic carbocycles. The van der Waals surface area contributed by atoms with Gasteiger partial charge >= 0.3 is 0 Å². The number of nitrogens with one attached hydrogen (secondary N) is 1. The summed E-state index contributed by atoms with van der Waals surface area (Å²) in [5, 5.41) is 3.18. The summed E-state index contributed by atoms with van der Waals surface area (Å²) < 4.78 is 0. The number of rotatable bonds is 3. The van der Waals surface area contributed by atoms with E-state index in [-0.39, 0.29) is 11.9 Å². The fourth-order valence-electron chi connectivity index (χ4n) is 3.52. The molecule has 0 spiro atoms. The van der Waals surface area contributed by atoms with Gasteiger partial charge in [0, 0.05) is 5.92 Å². The summed E-state index contributed by atoms with van der Waals surface area (Å²) >= 11 is 0. The zero-order chi connectivity index (χ0) is 12.5. The molecule has 2 fully saturated rings. The van der Waals surface area contributed by atoms with Crippen LogP contribution in [0.1, 0.15) is 44.2 Å². The van der Waals surface area contributed by atoms with E-state index in [1.807, 2.05) is 18.2 Å². The van der Waals surface area contributed by atoms with E-state index in [1.165, 1.54) is 31.2 Å². The molecule has 0 aromatic heterocycles. The van der Waals surface area contributed by atoms with E-state index in [0.29, 0.717) is 17.8 Å². The fraction of sp³-hybridized carbons (Fsp3) is 0.562. The molecule has 3 atom stereocenters. The molecule has 96 valence electrons. The van der Waals surface area contributed by atoms with Gasteiger partial charge in [0.25, 0.3) is 0 Å². The number of amides is 1. The maximum Gasteiger partial charge on any atom is 0.224 e. The van der Waals surface area contributed by atoms with Crippen molar-refractivity contribution in [3.05, 3.63) is 35.9 Å². The number of benzene rings is 1. The Kier molecular flexibility index (Phi) is 3.11. The lowest BCUT2D eigenvalue weighted by molar-refractivity contribution is -0.123. The first-order valence-electron chi connectivity index (χ1n) is 7.12. The molecule has 18 heavy (non-hydrogen) atoms. The monoisotopic (exact) mass is 243 g/mol. The molecule has 0 aliphatic heterocycles. The maximum atomic E-state index is 12.2. The van der Waals surface area contributed by atoms with Crippen molar-refractivity contribution in [3.63, 3.8) is 0 Å². The van der Waals surface area contributed by atoms with Crippen LogP contribution >= 0.6 is 0 Å². The Hall–Kier alpha value is -1.31. The van der Waals surface area contributed by atoms with Crippen LogP contribution in [0.5, 0.6) is 0 Å². The summed E-state index contributed by atoms with van der Waals surface area (Å²) in [6.45, 7) is 2.07. The van der Waals surface area contributed by atoms with Crippen LogP contribution in [0.2, 0.25) is 0 Å². The summed E-state index contributed by atoms with van der Waals surface area (Å²) in [6.07, 6.45) is 5.17. The highest BCUT2D eigenvalue weighted by Crippen LogP contribution is 2.55. The standard InChI is InChI=1S/C16H21NO/c1-11(12-7-3-2-4-8-12)17-16(18)15-13-9-5-6-10-14(13)15/h2-4,7-8,11,13-15H,5-6,9-10H2,1H3,(H,17,18). The zero-order valence-electron chi connectivity index (χ0n) is 10.9. The van der Waals surface area contributed by atoms with Crippen LogP contribution in [0.3, 0.4) is 0 Å². The van der Waals surface area contributed by atoms with Crippen molar-refractivity contribution in [2.45, 2.75) is 38.6 Å². The van der Waals surface area contributed by atoms with Crippen LogP contribution in [-0.2, 0) is 4.79 Å². The molecule has 2 aliphatic rings. The van der Waals surface area contributed by atoms with Crippen molar-refractivity contribution >= 4 is 5.91 Å². The lowest BCUT2D eigenvalue weighted by atomic mass is 10.0. The van der Waals surface area contributed by atoms with Crippen LogP contribution in [0.15, 0.2) is 30.3 Å². The molecule has 0 heterocycles. The first kappa shape index (κ1) is 11.8. The Balaban J connectivity index is 1.59. The maximum absolute atomic E-state index is 12.2. The van der Waals surface area contributed by atoms with E-state index >= 15 is 0 Å². The third-order valence-electron chi connectivity index (χ3n) is 4.62. The molecule has 2 aliphatic carbocycles. The second-order valence-electron chi connectivity index (χ2n) is 5.78. The summed E-state index contributed by atoms with van der Waals surface area (Å²) in [4.78, 5) is 12.2. The number of fused-ring (bicyclic) bond motifs is 1. The predicted octanol–water partition coefficient (Wildman–Crippen LogP) is 3.30. The second-order valence-corrected chi connectivity index (χ2v) is 5.78. The van der Waals surface area contributed by atoms with Gasteiger partial charge < -0.3 is 5.32 Å². The SMILES string of the molecule is CC(NC(=O)C1C2CCCCC21)c1ccccc1. The first-order valence-corrected chi connectivity index (χ1v) is 7.12. The lowest BCUT2D eigenvalue weighted by Crippen LogP contribution is -2.28. The minimum atomic E-state index is 0.126. The zero-order valence-corrected chi connectivity index (χ0v) is 10.9. The van der Waals surface area contributed by atoms with E-state index in [2.05, 4.69) is 24.4 Å². The molecule has 1 aromatic rings. The first-order chi connectivity index (χ1) is 8.77. The van der Waals surface area contributed by atoms with Crippen LogP contribution < -0.4 is 5.32 Å². The highest BCUT2D eigenvalue weighted by atomic mass is 16.2. The molecule has 1 N–H and O–H groups in total. The van der Waals surface area contributed by atoms with Crippen molar-refractivity contribution in [2.24, 2.45) is 17.8 Å². The van der Waals surface area contributed by atoms with Gasteiger partial charge in [0.15, 0.2) is 0 Å². The molecule has 2 saturated carbocycles. The summed E-state index contributed by atoms with van der Waals surface area (Å²) in [5.74, 6) is 1.99. The molecule has 2 heteroatoms. The van der Waals surface area contributed by atoms with Gasteiger partial charge in [-0.25, -0.2) is 0 Å². The van der Waals surface area contributed by atoms with Crippen molar-refractivity contribution in [3.8, 4) is 0 Å². The lowest BCUT2D eigenvalue weighted by Gasteiger charge is -2.14. The van der Waals surface area contributed by atoms with Crippen LogP contribution in [0.25, 0.3) is 0 Å². The van der Waals surface area contributed by atoms with Crippen molar-refractivity contribution in [1.82, 2.24) is 5.32 Å². The van der Waals surface area contributed by atoms with E-state index in [4.69, 9.17) is 0 Å². The third-order valence-corrected chi connectivity index (χ3v) is 4.62. The van der Waals surface area contributed by atoms with E-state index in [1.54, 1.807) is 0 Å². The van der Waals surface area contributed by atoms with Gasteiger partial charge in [-0.05, 0) is 37.2 Å². The average molecular weight is 243 g/mol. The Morgan fingerprint density at radius 1 is 1.17 bits per heavy atom. The van der Waals surface area contributed by atoms with Crippen LogP contribution in [0.4, 0.5) is 0 Å². The molecule has 0 radical (unpaired) electrons. The number of hydrogen-bond acceptors (Lipinski definition) is 1. The fourth-order valence-corrected chi connectivity index (χ4v) is 3.52. The topological polar surface area (TPSA) is 29.1 Å². The Morgan fingerprint density at radius 3 is 2.39 bits per heavy atom. The van der Waals surface area contributed by atoms with Crippen molar-refractivity contribution < 1.29 is 4.79 Å². The van der Waals surface area contributed by atoms with Crippen LogP contribution in [-0.4, -0.2) is 5.91 Å². The highest BCUT2D eigenvalue weighted by Gasteiger charge is 2.54. The molecule has 0 bridgehead atoms. The number of carbonyl (C=O) groups is 1. The van der Waals surface area contributed by atoms with E-state index < -0.39 is 0 Å². The van der Waals surface area contributed by atoms with Gasteiger partial charge in [0.1, 0.15) is 0 Å². The van der Waals surface area contributed by atoms with Gasteiger partial charge in [-0.1, -0.05) is 43.2 Å². The second kappa shape index (κ2) is 4.75. The Morgan fingerprint density at radius 2 is 1.78 bits per heavy atom. The quantitative estimate of drug-likeness (QED) is 0.867. The summed E-state index contributed by atoms with van der Waals surface area (Å²) in [7, 11) is 0. The molecule has 0 saturated heterocycles. The van der Waals surface area contributed by atoms with Gasteiger partial charge in [-0.3, -0.25) is 4.79 Å². The van der Waals surface area contributed by atoms with E-state index in [0.717, 1.165) is 0 Å². The van der Waals surface area contributed by atoms with Gasteiger partial charge in [-0.2, -0.15) is 0 Å². The Bertz CT molecular complexity index is 416. The minimum Gasteiger partial charge on any atom is -0.349 e. The number of carbonyl (C=O) groups excluding carboxylic acids is 1. The molecule has 2 nitrogen and oxygen atoms in total. The molecule has 1 amide bonds.